The molecule has 9 nitrogen and oxygen atoms in total. The zero-order chi connectivity index (χ0) is 23.4. The number of methoxy groups -OCH3 is 2. The van der Waals surface area contributed by atoms with Gasteiger partial charge in [-0.15, -0.1) is 0 Å². The van der Waals surface area contributed by atoms with Crippen LogP contribution in [0, 0.1) is 17.6 Å². The Labute approximate surface area is 184 Å². The molecule has 11 heteroatoms. The smallest absolute Gasteiger partial charge is 0.336 e. The lowest BCUT2D eigenvalue weighted by molar-refractivity contribution is -0.141. The summed E-state index contributed by atoms with van der Waals surface area (Å²) in [6, 6.07) is 0.0274. The molecule has 0 bridgehead atoms. The minimum atomic E-state index is -1.48. The van der Waals surface area contributed by atoms with Crippen LogP contribution in [0.15, 0.2) is 6.07 Å². The number of ether oxygens (including phenoxy) is 2. The van der Waals surface area contributed by atoms with E-state index in [2.05, 4.69) is 10.6 Å². The molecule has 32 heavy (non-hydrogen) atoms. The molecule has 1 atom stereocenters. The van der Waals surface area contributed by atoms with Gasteiger partial charge in [0.2, 0.25) is 11.8 Å². The number of carbonyl (C=O) groups excluding carboxylic acids is 2. The lowest BCUT2D eigenvalue weighted by Gasteiger charge is -2.36. The minimum Gasteiger partial charge on any atom is -0.478 e. The number of hydrogen-bond donors (Lipinski definition) is 3. The van der Waals surface area contributed by atoms with Gasteiger partial charge in [0, 0.05) is 51.8 Å². The second-order valence-corrected chi connectivity index (χ2v) is 7.90. The SMILES string of the molecule is COC(OC)C1CCN(c2c(F)cc(C(=O)O)c(CNC3CCC(=O)NC3=O)c2F)CC1. The van der Waals surface area contributed by atoms with E-state index in [4.69, 9.17) is 9.47 Å². The second-order valence-electron chi connectivity index (χ2n) is 7.90. The second kappa shape index (κ2) is 10.3. The Morgan fingerprint density at radius 2 is 1.91 bits per heavy atom. The zero-order valence-corrected chi connectivity index (χ0v) is 18.0. The lowest BCUT2D eigenvalue weighted by atomic mass is 9.94. The first-order valence-corrected chi connectivity index (χ1v) is 10.4. The molecule has 2 aliphatic rings. The molecule has 0 aromatic heterocycles. The summed E-state index contributed by atoms with van der Waals surface area (Å²) in [5.74, 6) is -4.31. The number of imide groups is 1. The van der Waals surface area contributed by atoms with E-state index in [-0.39, 0.29) is 36.6 Å². The highest BCUT2D eigenvalue weighted by Crippen LogP contribution is 2.33. The topological polar surface area (TPSA) is 117 Å². The van der Waals surface area contributed by atoms with E-state index >= 15 is 4.39 Å². The molecule has 2 heterocycles. The molecule has 2 aliphatic heterocycles. The third-order valence-electron chi connectivity index (χ3n) is 6.00. The quantitative estimate of drug-likeness (QED) is 0.398. The van der Waals surface area contributed by atoms with E-state index in [9.17, 15) is 23.9 Å². The van der Waals surface area contributed by atoms with Crippen molar-refractivity contribution >= 4 is 23.5 Å². The number of carboxylic acid groups (broad SMARTS) is 1. The van der Waals surface area contributed by atoms with Gasteiger partial charge in [0.05, 0.1) is 11.6 Å². The molecular formula is C21H27F2N3O6. The number of rotatable bonds is 8. The van der Waals surface area contributed by atoms with Gasteiger partial charge in [-0.1, -0.05) is 0 Å². The third-order valence-corrected chi connectivity index (χ3v) is 6.00. The summed E-state index contributed by atoms with van der Waals surface area (Å²) in [6.07, 6.45) is 1.07. The predicted molar refractivity (Wildman–Crippen MR) is 109 cm³/mol. The van der Waals surface area contributed by atoms with Crippen LogP contribution in [0.1, 0.15) is 41.6 Å². The first-order valence-electron chi connectivity index (χ1n) is 10.4. The number of hydrogen-bond acceptors (Lipinski definition) is 7. The number of nitrogens with zero attached hydrogens (tertiary/aromatic N) is 1. The molecular weight excluding hydrogens is 428 g/mol. The molecule has 0 spiro atoms. The fourth-order valence-corrected chi connectivity index (χ4v) is 4.29. The largest absolute Gasteiger partial charge is 0.478 e. The van der Waals surface area contributed by atoms with Crippen LogP contribution in [0.4, 0.5) is 14.5 Å². The van der Waals surface area contributed by atoms with Crippen molar-refractivity contribution in [2.75, 3.05) is 32.2 Å². The number of nitrogens with one attached hydrogen (secondary N) is 2. The fraction of sp³-hybridized carbons (Fsp3) is 0.571. The van der Waals surface area contributed by atoms with Crippen LogP contribution >= 0.6 is 0 Å². The highest BCUT2D eigenvalue weighted by Gasteiger charge is 2.32. The first kappa shape index (κ1) is 24.0. The number of benzene rings is 1. The number of carbonyl (C=O) groups is 3. The van der Waals surface area contributed by atoms with Crippen LogP contribution in [-0.2, 0) is 25.6 Å². The van der Waals surface area contributed by atoms with Crippen molar-refractivity contribution in [3.05, 3.63) is 28.8 Å². The molecule has 2 fully saturated rings. The van der Waals surface area contributed by atoms with E-state index in [0.29, 0.717) is 25.9 Å². The Hall–Kier alpha value is -2.63. The van der Waals surface area contributed by atoms with E-state index in [1.807, 2.05) is 0 Å². The number of aromatic carboxylic acids is 1. The molecule has 1 aromatic carbocycles. The van der Waals surface area contributed by atoms with Gasteiger partial charge in [-0.2, -0.15) is 0 Å². The maximum atomic E-state index is 15.5. The van der Waals surface area contributed by atoms with Crippen molar-refractivity contribution in [1.82, 2.24) is 10.6 Å². The average Bonchev–Trinajstić information content (AvgIpc) is 2.75. The van der Waals surface area contributed by atoms with Gasteiger partial charge in [-0.3, -0.25) is 14.9 Å². The van der Waals surface area contributed by atoms with Crippen LogP contribution in [-0.4, -0.2) is 62.5 Å². The number of halogens is 2. The molecule has 176 valence electrons. The summed E-state index contributed by atoms with van der Waals surface area (Å²) in [5, 5.41) is 14.4. The molecule has 1 unspecified atom stereocenters. The maximum Gasteiger partial charge on any atom is 0.336 e. The van der Waals surface area contributed by atoms with Crippen LogP contribution in [0.5, 0.6) is 0 Å². The average molecular weight is 455 g/mol. The number of anilines is 1. The van der Waals surface area contributed by atoms with Gasteiger partial charge < -0.3 is 24.8 Å². The molecule has 0 saturated carbocycles. The highest BCUT2D eigenvalue weighted by molar-refractivity contribution is 6.00. The first-order chi connectivity index (χ1) is 15.3. The van der Waals surface area contributed by atoms with E-state index in [1.165, 1.54) is 14.2 Å². The van der Waals surface area contributed by atoms with Gasteiger partial charge in [0.25, 0.3) is 0 Å². The highest BCUT2D eigenvalue weighted by atomic mass is 19.1. The van der Waals surface area contributed by atoms with Crippen molar-refractivity contribution < 1.29 is 37.7 Å². The zero-order valence-electron chi connectivity index (χ0n) is 18.0. The summed E-state index contributed by atoms with van der Waals surface area (Å²) >= 11 is 0. The summed E-state index contributed by atoms with van der Waals surface area (Å²) in [6.45, 7) is 0.376. The number of amides is 2. The van der Waals surface area contributed by atoms with Crippen LogP contribution < -0.4 is 15.5 Å². The van der Waals surface area contributed by atoms with Crippen LogP contribution in [0.2, 0.25) is 0 Å². The molecule has 1 aromatic rings. The maximum absolute atomic E-state index is 15.5. The number of carboxylic acids is 1. The fourth-order valence-electron chi connectivity index (χ4n) is 4.29. The Kier molecular flexibility index (Phi) is 7.75. The molecule has 0 radical (unpaired) electrons. The molecule has 0 aliphatic carbocycles. The predicted octanol–water partition coefficient (Wildman–Crippen LogP) is 1.39. The minimum absolute atomic E-state index is 0.0688. The van der Waals surface area contributed by atoms with E-state index < -0.39 is 47.3 Å². The van der Waals surface area contributed by atoms with Crippen LogP contribution in [0.25, 0.3) is 0 Å². The van der Waals surface area contributed by atoms with Crippen LogP contribution in [0.3, 0.4) is 0 Å². The van der Waals surface area contributed by atoms with E-state index in [1.54, 1.807) is 4.90 Å². The summed E-state index contributed by atoms with van der Waals surface area (Å²) in [4.78, 5) is 36.4. The summed E-state index contributed by atoms with van der Waals surface area (Å²) in [7, 11) is 3.07. The Bertz CT molecular complexity index is 885. The molecule has 3 N–H and O–H groups in total. The monoisotopic (exact) mass is 455 g/mol. The summed E-state index contributed by atoms with van der Waals surface area (Å²) < 4.78 is 40.8. The van der Waals surface area contributed by atoms with Gasteiger partial charge >= 0.3 is 5.97 Å². The van der Waals surface area contributed by atoms with Gasteiger partial charge in [0.1, 0.15) is 11.5 Å². The van der Waals surface area contributed by atoms with Gasteiger partial charge in [0.15, 0.2) is 12.1 Å². The van der Waals surface area contributed by atoms with Gasteiger partial charge in [-0.05, 0) is 25.3 Å². The standard InChI is InChI=1S/C21H27F2N3O6/c1-31-21(32-2)11-5-7-26(8-6-11)18-14(22)9-12(20(29)30)13(17(18)23)10-24-15-3-4-16(27)25-19(15)28/h9,11,15,21,24H,3-8,10H2,1-2H3,(H,29,30)(H,25,27,28). The number of piperidine rings is 2. The molecule has 2 amide bonds. The Morgan fingerprint density at radius 3 is 2.47 bits per heavy atom. The van der Waals surface area contributed by atoms with E-state index in [0.717, 1.165) is 6.07 Å². The Morgan fingerprint density at radius 1 is 1.25 bits per heavy atom. The van der Waals surface area contributed by atoms with Gasteiger partial charge in [-0.25, -0.2) is 13.6 Å². The van der Waals surface area contributed by atoms with Crippen molar-refractivity contribution in [1.29, 1.82) is 0 Å². The molecule has 2 saturated heterocycles. The Balaban J connectivity index is 1.82. The van der Waals surface area contributed by atoms with Crippen molar-refractivity contribution in [3.8, 4) is 0 Å². The lowest BCUT2D eigenvalue weighted by Crippen LogP contribution is -2.50. The third kappa shape index (κ3) is 5.05. The van der Waals surface area contributed by atoms with Crippen molar-refractivity contribution in [3.63, 3.8) is 0 Å². The molecule has 3 rings (SSSR count). The van der Waals surface area contributed by atoms with Crippen molar-refractivity contribution in [2.45, 2.75) is 44.6 Å². The summed E-state index contributed by atoms with van der Waals surface area (Å²) in [5.41, 5.74) is -1.05. The normalized spacial score (nSPS) is 20.0. The van der Waals surface area contributed by atoms with Crippen molar-refractivity contribution in [2.24, 2.45) is 5.92 Å².